The molecule has 3 nitrogen and oxygen atoms in total. The lowest BCUT2D eigenvalue weighted by molar-refractivity contribution is 1.18. The van der Waals surface area contributed by atoms with Crippen molar-refractivity contribution in [2.75, 3.05) is 0 Å². The van der Waals surface area contributed by atoms with Gasteiger partial charge >= 0.3 is 0 Å². The van der Waals surface area contributed by atoms with Gasteiger partial charge in [-0.1, -0.05) is 194 Å². The van der Waals surface area contributed by atoms with Gasteiger partial charge in [-0.25, -0.2) is 9.97 Å². The van der Waals surface area contributed by atoms with Gasteiger partial charge in [-0.3, -0.25) is 0 Å². The number of hydrogen-bond acceptors (Lipinski definition) is 3. The van der Waals surface area contributed by atoms with Crippen molar-refractivity contribution in [1.29, 1.82) is 5.26 Å². The molecular formula is C63H39N3. The first kappa shape index (κ1) is 38.7. The maximum Gasteiger partial charge on any atom is 0.160 e. The summed E-state index contributed by atoms with van der Waals surface area (Å²) in [5, 5.41) is 19.4. The van der Waals surface area contributed by atoms with E-state index < -0.39 is 0 Å². The van der Waals surface area contributed by atoms with Crippen molar-refractivity contribution in [2.45, 2.75) is 0 Å². The van der Waals surface area contributed by atoms with E-state index in [0.29, 0.717) is 11.4 Å². The predicted octanol–water partition coefficient (Wildman–Crippen LogP) is 16.6. The molecule has 0 amide bonds. The average Bonchev–Trinajstić information content (AvgIpc) is 3.40. The monoisotopic (exact) mass is 837 g/mol. The Hall–Kier alpha value is -8.97. The second-order valence-corrected chi connectivity index (χ2v) is 16.9. The van der Waals surface area contributed by atoms with Crippen molar-refractivity contribution < 1.29 is 0 Å². The lowest BCUT2D eigenvalue weighted by atomic mass is 9.89. The molecule has 0 aliphatic carbocycles. The molecule has 0 saturated carbocycles. The van der Waals surface area contributed by atoms with Crippen LogP contribution in [-0.4, -0.2) is 9.97 Å². The zero-order valence-corrected chi connectivity index (χ0v) is 35.9. The van der Waals surface area contributed by atoms with Crippen LogP contribution in [0.15, 0.2) is 237 Å². The molecule has 0 aliphatic rings. The largest absolute Gasteiger partial charge is 0.228 e. The molecule has 1 heterocycles. The molecule has 0 fully saturated rings. The Morgan fingerprint density at radius 3 is 1.64 bits per heavy atom. The van der Waals surface area contributed by atoms with Crippen LogP contribution in [-0.2, 0) is 0 Å². The highest BCUT2D eigenvalue weighted by molar-refractivity contribution is 6.20. The van der Waals surface area contributed by atoms with Gasteiger partial charge in [0.15, 0.2) is 5.82 Å². The Kier molecular flexibility index (Phi) is 9.55. The normalized spacial score (nSPS) is 11.3. The quantitative estimate of drug-likeness (QED) is 0.119. The molecule has 1 aromatic heterocycles. The molecule has 0 spiro atoms. The van der Waals surface area contributed by atoms with Gasteiger partial charge in [-0.2, -0.15) is 5.26 Å². The van der Waals surface area contributed by atoms with E-state index >= 15 is 0 Å². The topological polar surface area (TPSA) is 49.6 Å². The minimum atomic E-state index is 0.637. The molecule has 0 N–H and O–H groups in total. The minimum absolute atomic E-state index is 0.637. The smallest absolute Gasteiger partial charge is 0.160 e. The maximum absolute atomic E-state index is 9.38. The Morgan fingerprint density at radius 2 is 0.848 bits per heavy atom. The summed E-state index contributed by atoms with van der Waals surface area (Å²) in [5.41, 5.74) is 14.4. The van der Waals surface area contributed by atoms with Gasteiger partial charge in [0.1, 0.15) is 0 Å². The lowest BCUT2D eigenvalue weighted by Gasteiger charge is -2.15. The van der Waals surface area contributed by atoms with Gasteiger partial charge in [0.25, 0.3) is 0 Å². The molecule has 12 aromatic rings. The van der Waals surface area contributed by atoms with Gasteiger partial charge in [0, 0.05) is 16.7 Å². The van der Waals surface area contributed by atoms with Crippen LogP contribution in [0.3, 0.4) is 0 Å². The molecule has 0 aliphatic heterocycles. The SMILES string of the molecule is N#Cc1ccc(-c2cccc(-c3cc(-c4ccccc4-c4ccccc4)nc(-c4ccc(-c5ccc6cc(-c7c8ccccc8cc8c7ccc7ccccc78)ccc6c5)cc4)n3)c2)cc1. The average molecular weight is 838 g/mol. The summed E-state index contributed by atoms with van der Waals surface area (Å²) >= 11 is 0. The van der Waals surface area contributed by atoms with Crippen LogP contribution >= 0.6 is 0 Å². The number of aromatic nitrogens is 2. The molecule has 0 unspecified atom stereocenters. The highest BCUT2D eigenvalue weighted by atomic mass is 14.9. The van der Waals surface area contributed by atoms with Crippen LogP contribution in [0.2, 0.25) is 0 Å². The van der Waals surface area contributed by atoms with Crippen molar-refractivity contribution in [3.8, 4) is 84.5 Å². The first-order chi connectivity index (χ1) is 32.6. The third-order valence-electron chi connectivity index (χ3n) is 12.9. The van der Waals surface area contributed by atoms with Gasteiger partial charge in [0.05, 0.1) is 23.0 Å². The number of hydrogen-bond donors (Lipinski definition) is 0. The van der Waals surface area contributed by atoms with E-state index in [0.717, 1.165) is 61.5 Å². The van der Waals surface area contributed by atoms with Gasteiger partial charge in [0.2, 0.25) is 0 Å². The molecule has 0 atom stereocenters. The van der Waals surface area contributed by atoms with E-state index in [-0.39, 0.29) is 0 Å². The van der Waals surface area contributed by atoms with Crippen molar-refractivity contribution in [3.05, 3.63) is 242 Å². The number of benzene rings is 11. The Labute approximate surface area is 383 Å². The Balaban J connectivity index is 0.918. The Morgan fingerprint density at radius 1 is 0.288 bits per heavy atom. The molecule has 306 valence electrons. The molecule has 0 bridgehead atoms. The minimum Gasteiger partial charge on any atom is -0.228 e. The molecule has 0 radical (unpaired) electrons. The molecule has 12 rings (SSSR count). The highest BCUT2D eigenvalue weighted by Crippen LogP contribution is 2.41. The van der Waals surface area contributed by atoms with Crippen molar-refractivity contribution in [3.63, 3.8) is 0 Å². The van der Waals surface area contributed by atoms with Crippen LogP contribution in [0.5, 0.6) is 0 Å². The van der Waals surface area contributed by atoms with E-state index in [1.54, 1.807) is 0 Å². The van der Waals surface area contributed by atoms with E-state index in [1.165, 1.54) is 54.2 Å². The molecule has 3 heteroatoms. The van der Waals surface area contributed by atoms with E-state index in [9.17, 15) is 5.26 Å². The second kappa shape index (κ2) is 16.3. The summed E-state index contributed by atoms with van der Waals surface area (Å²) < 4.78 is 0. The molecule has 0 saturated heterocycles. The van der Waals surface area contributed by atoms with Crippen LogP contribution in [0.25, 0.3) is 122 Å². The lowest BCUT2D eigenvalue weighted by Crippen LogP contribution is -1.97. The third kappa shape index (κ3) is 7.04. The second-order valence-electron chi connectivity index (χ2n) is 16.9. The van der Waals surface area contributed by atoms with Gasteiger partial charge in [-0.15, -0.1) is 0 Å². The fourth-order valence-electron chi connectivity index (χ4n) is 9.56. The van der Waals surface area contributed by atoms with Crippen LogP contribution in [0.1, 0.15) is 5.56 Å². The molecule has 11 aromatic carbocycles. The zero-order chi connectivity index (χ0) is 44.0. The van der Waals surface area contributed by atoms with E-state index in [1.807, 2.05) is 30.3 Å². The van der Waals surface area contributed by atoms with Gasteiger partial charge < -0.3 is 0 Å². The van der Waals surface area contributed by atoms with E-state index in [4.69, 9.17) is 9.97 Å². The van der Waals surface area contributed by atoms with Crippen molar-refractivity contribution >= 4 is 43.1 Å². The number of fused-ring (bicyclic) bond motifs is 5. The fourth-order valence-corrected chi connectivity index (χ4v) is 9.56. The van der Waals surface area contributed by atoms with Crippen molar-refractivity contribution in [2.24, 2.45) is 0 Å². The third-order valence-corrected chi connectivity index (χ3v) is 12.9. The first-order valence-corrected chi connectivity index (χ1v) is 22.3. The van der Waals surface area contributed by atoms with Crippen molar-refractivity contribution in [1.82, 2.24) is 9.97 Å². The van der Waals surface area contributed by atoms with Gasteiger partial charge in [-0.05, 0) is 130 Å². The first-order valence-electron chi connectivity index (χ1n) is 22.3. The fraction of sp³-hybridized carbons (Fsp3) is 0. The number of nitrogens with zero attached hydrogens (tertiary/aromatic N) is 3. The Bertz CT molecular complexity index is 3860. The molecular weight excluding hydrogens is 799 g/mol. The summed E-state index contributed by atoms with van der Waals surface area (Å²) in [6.45, 7) is 0. The predicted molar refractivity (Wildman–Crippen MR) is 275 cm³/mol. The number of rotatable bonds is 7. The summed E-state index contributed by atoms with van der Waals surface area (Å²) in [5.74, 6) is 0.653. The summed E-state index contributed by atoms with van der Waals surface area (Å²) in [6, 6.07) is 86.0. The standard InChI is InChI=1S/C63H39N3/c64-40-41-21-23-42(24-22-41)47-15-10-16-52(36-47)60-39-61(57-20-9-8-17-54(57)44-11-2-1-3-12-44)66-63(65-60)46-27-25-43(26-28-46)48-29-30-50-37-53(32-31-49(50)35-48)62-56-19-7-5-14-51(56)38-59-55-18-6-4-13-45(55)33-34-58(59)62/h1-39H. The summed E-state index contributed by atoms with van der Waals surface area (Å²) in [4.78, 5) is 10.5. The van der Waals surface area contributed by atoms with E-state index in [2.05, 4.69) is 212 Å². The maximum atomic E-state index is 9.38. The summed E-state index contributed by atoms with van der Waals surface area (Å²) in [6.07, 6.45) is 0. The van der Waals surface area contributed by atoms with Crippen LogP contribution in [0, 0.1) is 11.3 Å². The van der Waals surface area contributed by atoms with Crippen LogP contribution in [0.4, 0.5) is 0 Å². The zero-order valence-electron chi connectivity index (χ0n) is 35.9. The highest BCUT2D eigenvalue weighted by Gasteiger charge is 2.16. The number of nitriles is 1. The molecule has 66 heavy (non-hydrogen) atoms. The van der Waals surface area contributed by atoms with Crippen LogP contribution < -0.4 is 0 Å². The summed E-state index contributed by atoms with van der Waals surface area (Å²) in [7, 11) is 0.